The molecule has 0 aliphatic heterocycles. The van der Waals surface area contributed by atoms with Gasteiger partial charge in [-0.2, -0.15) is 0 Å². The number of alkyl halides is 3. The van der Waals surface area contributed by atoms with E-state index in [0.29, 0.717) is 11.1 Å². The van der Waals surface area contributed by atoms with Gasteiger partial charge in [0.05, 0.1) is 0 Å². The van der Waals surface area contributed by atoms with Gasteiger partial charge in [0.15, 0.2) is 0 Å². The van der Waals surface area contributed by atoms with Gasteiger partial charge >= 0.3 is 5.97 Å². The number of ether oxygens (including phenoxy) is 1. The normalized spacial score (nSPS) is 11.0. The maximum atomic E-state index is 10.8. The van der Waals surface area contributed by atoms with Gasteiger partial charge in [0.1, 0.15) is 5.76 Å². The van der Waals surface area contributed by atoms with Crippen LogP contribution >= 0.6 is 34.8 Å². The molecule has 0 heterocycles. The Bertz CT molecular complexity index is 421. The Morgan fingerprint density at radius 1 is 1.31 bits per heavy atom. The van der Waals surface area contributed by atoms with Crippen LogP contribution in [0, 0.1) is 0 Å². The van der Waals surface area contributed by atoms with Crippen molar-refractivity contribution in [1.29, 1.82) is 0 Å². The molecule has 1 aromatic carbocycles. The topological polar surface area (TPSA) is 26.3 Å². The quantitative estimate of drug-likeness (QED) is 0.464. The molecule has 0 atom stereocenters. The second kappa shape index (κ2) is 5.09. The minimum Gasteiger partial charge on any atom is -0.427 e. The molecule has 0 amide bonds. The molecule has 16 heavy (non-hydrogen) atoms. The third-order valence-electron chi connectivity index (χ3n) is 1.80. The third kappa shape index (κ3) is 3.41. The highest BCUT2D eigenvalue weighted by molar-refractivity contribution is 6.66. The van der Waals surface area contributed by atoms with Gasteiger partial charge in [0.25, 0.3) is 0 Å². The molecule has 2 nitrogen and oxygen atoms in total. The van der Waals surface area contributed by atoms with Crippen molar-refractivity contribution in [3.05, 3.63) is 42.0 Å². The van der Waals surface area contributed by atoms with Crippen molar-refractivity contribution < 1.29 is 9.53 Å². The molecule has 1 rings (SSSR count). The molecule has 0 saturated heterocycles. The molecule has 0 aromatic heterocycles. The summed E-state index contributed by atoms with van der Waals surface area (Å²) in [4.78, 5) is 10.8. The smallest absolute Gasteiger partial charge is 0.308 e. The van der Waals surface area contributed by atoms with Crippen LogP contribution in [0.25, 0.3) is 5.76 Å². The molecule has 0 radical (unpaired) electrons. The highest BCUT2D eigenvalue weighted by Gasteiger charge is 2.27. The van der Waals surface area contributed by atoms with Gasteiger partial charge in [-0.15, -0.1) is 0 Å². The average Bonchev–Trinajstić information content (AvgIpc) is 2.15. The number of rotatable bonds is 2. The lowest BCUT2D eigenvalue weighted by Gasteiger charge is -2.17. The Hall–Kier alpha value is -0.700. The Labute approximate surface area is 109 Å². The van der Waals surface area contributed by atoms with Crippen molar-refractivity contribution in [2.24, 2.45) is 0 Å². The first kappa shape index (κ1) is 13.4. The van der Waals surface area contributed by atoms with Gasteiger partial charge in [0, 0.05) is 18.1 Å². The van der Waals surface area contributed by atoms with Crippen LogP contribution in [0.2, 0.25) is 0 Å². The van der Waals surface area contributed by atoms with E-state index >= 15 is 0 Å². The fourth-order valence-corrected chi connectivity index (χ4v) is 1.70. The van der Waals surface area contributed by atoms with Crippen LogP contribution < -0.4 is 0 Å². The molecule has 0 spiro atoms. The molecular weight excluding hydrogens is 270 g/mol. The van der Waals surface area contributed by atoms with Crippen LogP contribution in [0.3, 0.4) is 0 Å². The molecule has 0 fully saturated rings. The molecule has 0 aliphatic rings. The second-order valence-corrected chi connectivity index (χ2v) is 5.34. The van der Waals surface area contributed by atoms with E-state index in [1.54, 1.807) is 24.3 Å². The summed E-state index contributed by atoms with van der Waals surface area (Å²) < 4.78 is 3.28. The Balaban J connectivity index is 3.14. The Morgan fingerprint density at radius 3 is 2.38 bits per heavy atom. The molecule has 86 valence electrons. The number of esters is 1. The van der Waals surface area contributed by atoms with Crippen LogP contribution in [-0.4, -0.2) is 5.97 Å². The standard InChI is InChI=1S/C11H9Cl3O2/c1-7(16-8(2)15)9-5-3-4-6-10(9)11(12,13)14/h3-6H,1H2,2H3. The molecule has 0 bridgehead atoms. The lowest BCUT2D eigenvalue weighted by Crippen LogP contribution is -2.07. The first-order valence-corrected chi connectivity index (χ1v) is 5.49. The summed E-state index contributed by atoms with van der Waals surface area (Å²) in [6, 6.07) is 6.77. The number of benzene rings is 1. The molecule has 0 aliphatic carbocycles. The zero-order valence-corrected chi connectivity index (χ0v) is 10.7. The van der Waals surface area contributed by atoms with E-state index in [1.807, 2.05) is 0 Å². The first-order valence-electron chi connectivity index (χ1n) is 4.36. The molecule has 0 N–H and O–H groups in total. The van der Waals surface area contributed by atoms with Gasteiger partial charge < -0.3 is 4.74 Å². The summed E-state index contributed by atoms with van der Waals surface area (Å²) in [6.07, 6.45) is 0. The lowest BCUT2D eigenvalue weighted by atomic mass is 10.1. The van der Waals surface area contributed by atoms with Crippen molar-refractivity contribution in [1.82, 2.24) is 0 Å². The van der Waals surface area contributed by atoms with Crippen LogP contribution in [-0.2, 0) is 13.3 Å². The number of halogens is 3. The van der Waals surface area contributed by atoms with E-state index < -0.39 is 9.76 Å². The van der Waals surface area contributed by atoms with Crippen molar-refractivity contribution >= 4 is 46.5 Å². The minimum absolute atomic E-state index is 0.162. The Morgan fingerprint density at radius 2 is 1.88 bits per heavy atom. The minimum atomic E-state index is -1.58. The van der Waals surface area contributed by atoms with E-state index in [-0.39, 0.29) is 5.76 Å². The largest absolute Gasteiger partial charge is 0.427 e. The SMILES string of the molecule is C=C(OC(C)=O)c1ccccc1C(Cl)(Cl)Cl. The maximum Gasteiger partial charge on any atom is 0.308 e. The van der Waals surface area contributed by atoms with E-state index in [1.165, 1.54) is 6.92 Å². The summed E-state index contributed by atoms with van der Waals surface area (Å²) in [7, 11) is 0. The molecule has 0 unspecified atom stereocenters. The maximum absolute atomic E-state index is 10.8. The second-order valence-electron chi connectivity index (χ2n) is 3.06. The zero-order valence-electron chi connectivity index (χ0n) is 8.47. The van der Waals surface area contributed by atoms with E-state index in [4.69, 9.17) is 39.5 Å². The van der Waals surface area contributed by atoms with Crippen molar-refractivity contribution in [3.8, 4) is 0 Å². The first-order chi connectivity index (χ1) is 7.32. The molecule has 1 aromatic rings. The fraction of sp³-hybridized carbons (Fsp3) is 0.182. The van der Waals surface area contributed by atoms with Crippen LogP contribution in [0.15, 0.2) is 30.8 Å². The van der Waals surface area contributed by atoms with Gasteiger partial charge in [-0.05, 0) is 0 Å². The number of carbonyl (C=O) groups is 1. The van der Waals surface area contributed by atoms with Crippen molar-refractivity contribution in [2.45, 2.75) is 10.7 Å². The summed E-state index contributed by atoms with van der Waals surface area (Å²) in [5, 5.41) is 0. The number of hydrogen-bond donors (Lipinski definition) is 0. The lowest BCUT2D eigenvalue weighted by molar-refractivity contribution is -0.134. The van der Waals surface area contributed by atoms with Crippen LogP contribution in [0.4, 0.5) is 0 Å². The summed E-state index contributed by atoms with van der Waals surface area (Å²) >= 11 is 17.4. The zero-order chi connectivity index (χ0) is 12.3. The van der Waals surface area contributed by atoms with Crippen LogP contribution in [0.5, 0.6) is 0 Å². The van der Waals surface area contributed by atoms with E-state index in [9.17, 15) is 4.79 Å². The summed E-state index contributed by atoms with van der Waals surface area (Å²) in [5.41, 5.74) is 0.920. The monoisotopic (exact) mass is 278 g/mol. The highest BCUT2D eigenvalue weighted by Crippen LogP contribution is 2.41. The fourth-order valence-electron chi connectivity index (χ4n) is 1.20. The predicted octanol–water partition coefficient (Wildman–Crippen LogP) is 4.05. The predicted molar refractivity (Wildman–Crippen MR) is 66.5 cm³/mol. The Kier molecular flexibility index (Phi) is 4.25. The van der Waals surface area contributed by atoms with E-state index in [2.05, 4.69) is 6.58 Å². The van der Waals surface area contributed by atoms with Gasteiger partial charge in [0.2, 0.25) is 3.79 Å². The highest BCUT2D eigenvalue weighted by atomic mass is 35.6. The number of hydrogen-bond acceptors (Lipinski definition) is 2. The van der Waals surface area contributed by atoms with Crippen LogP contribution in [0.1, 0.15) is 18.1 Å². The summed E-state index contributed by atoms with van der Waals surface area (Å²) in [6.45, 7) is 4.90. The van der Waals surface area contributed by atoms with Crippen molar-refractivity contribution in [3.63, 3.8) is 0 Å². The third-order valence-corrected chi connectivity index (χ3v) is 2.41. The van der Waals surface area contributed by atoms with Gasteiger partial charge in [-0.3, -0.25) is 4.79 Å². The van der Waals surface area contributed by atoms with Gasteiger partial charge in [-0.25, -0.2) is 0 Å². The molecule has 5 heteroatoms. The summed E-state index contributed by atoms with van der Waals surface area (Å²) in [5.74, 6) is -0.307. The van der Waals surface area contributed by atoms with Gasteiger partial charge in [-0.1, -0.05) is 65.6 Å². The van der Waals surface area contributed by atoms with E-state index in [0.717, 1.165) is 0 Å². The average molecular weight is 280 g/mol. The van der Waals surface area contributed by atoms with Crippen molar-refractivity contribution in [2.75, 3.05) is 0 Å². The molecule has 0 saturated carbocycles. The molecular formula is C11H9Cl3O2. The number of carbonyl (C=O) groups excluding carboxylic acids is 1.